The molecule has 190 valence electrons. The molecule has 0 radical (unpaired) electrons. The van der Waals surface area contributed by atoms with E-state index in [-0.39, 0.29) is 12.4 Å². The van der Waals surface area contributed by atoms with Gasteiger partial charge in [0.05, 0.1) is 35.8 Å². The molecule has 2 aliphatic rings. The number of esters is 1. The van der Waals surface area contributed by atoms with Gasteiger partial charge >= 0.3 is 13.1 Å². The van der Waals surface area contributed by atoms with E-state index in [4.69, 9.17) is 23.9 Å². The van der Waals surface area contributed by atoms with Crippen LogP contribution in [0.2, 0.25) is 0 Å². The Morgan fingerprint density at radius 2 is 1.83 bits per heavy atom. The van der Waals surface area contributed by atoms with Gasteiger partial charge in [0, 0.05) is 10.9 Å². The lowest BCUT2D eigenvalue weighted by Crippen LogP contribution is -2.41. The highest BCUT2D eigenvalue weighted by molar-refractivity contribution is 6.62. The van der Waals surface area contributed by atoms with E-state index in [1.807, 2.05) is 31.2 Å². The molecule has 0 spiro atoms. The van der Waals surface area contributed by atoms with E-state index >= 15 is 0 Å². The van der Waals surface area contributed by atoms with Crippen molar-refractivity contribution in [3.05, 3.63) is 53.7 Å². The van der Waals surface area contributed by atoms with E-state index < -0.39 is 18.3 Å². The van der Waals surface area contributed by atoms with Crippen LogP contribution >= 0.6 is 0 Å². The van der Waals surface area contributed by atoms with Gasteiger partial charge in [-0.25, -0.2) is 0 Å². The number of aromatic nitrogens is 2. The number of hydrogen-bond donors (Lipinski definition) is 0. The van der Waals surface area contributed by atoms with E-state index in [0.717, 1.165) is 40.5 Å². The Kier molecular flexibility index (Phi) is 6.60. The van der Waals surface area contributed by atoms with E-state index in [1.54, 1.807) is 0 Å². The SMILES string of the molecule is CCOC(=O)Cc1ccccc1OCc1nn(C2CCC2)c2ccc(B3OC(C)(C)C(C)(C)O3)cc12. The second-order valence-corrected chi connectivity index (χ2v) is 10.7. The second-order valence-electron chi connectivity index (χ2n) is 10.7. The lowest BCUT2D eigenvalue weighted by molar-refractivity contribution is -0.142. The normalized spacial score (nSPS) is 18.9. The van der Waals surface area contributed by atoms with Crippen LogP contribution < -0.4 is 10.2 Å². The highest BCUT2D eigenvalue weighted by Gasteiger charge is 2.51. The number of hydrogen-bond acceptors (Lipinski definition) is 6. The van der Waals surface area contributed by atoms with Gasteiger partial charge in [0.15, 0.2) is 0 Å². The topological polar surface area (TPSA) is 71.8 Å². The van der Waals surface area contributed by atoms with E-state index in [1.165, 1.54) is 6.42 Å². The van der Waals surface area contributed by atoms with E-state index in [2.05, 4.69) is 50.6 Å². The molecule has 36 heavy (non-hydrogen) atoms. The van der Waals surface area contributed by atoms with Gasteiger partial charge < -0.3 is 18.8 Å². The highest BCUT2D eigenvalue weighted by Crippen LogP contribution is 2.38. The van der Waals surface area contributed by atoms with Gasteiger partial charge in [-0.3, -0.25) is 9.48 Å². The molecule has 8 heteroatoms. The van der Waals surface area contributed by atoms with Crippen LogP contribution in [-0.4, -0.2) is 40.7 Å². The molecule has 0 bridgehead atoms. The first-order valence-corrected chi connectivity index (χ1v) is 12.9. The fraction of sp³-hybridized carbons (Fsp3) is 0.500. The minimum Gasteiger partial charge on any atom is -0.487 e. The zero-order valence-electron chi connectivity index (χ0n) is 21.9. The quantitative estimate of drug-likeness (QED) is 0.336. The van der Waals surface area contributed by atoms with Gasteiger partial charge in [0.1, 0.15) is 18.1 Å². The number of nitrogens with zero attached hydrogens (tertiary/aromatic N) is 2. The fourth-order valence-corrected chi connectivity index (χ4v) is 4.67. The number of ether oxygens (including phenoxy) is 2. The summed E-state index contributed by atoms with van der Waals surface area (Å²) in [6, 6.07) is 14.3. The summed E-state index contributed by atoms with van der Waals surface area (Å²) in [6.07, 6.45) is 3.68. The maximum atomic E-state index is 12.1. The third-order valence-electron chi connectivity index (χ3n) is 7.73. The van der Waals surface area contributed by atoms with Gasteiger partial charge in [-0.2, -0.15) is 5.10 Å². The molecule has 5 rings (SSSR count). The largest absolute Gasteiger partial charge is 0.494 e. The minimum absolute atomic E-state index is 0.174. The fourth-order valence-electron chi connectivity index (χ4n) is 4.67. The van der Waals surface area contributed by atoms with Gasteiger partial charge in [-0.05, 0) is 71.5 Å². The van der Waals surface area contributed by atoms with Crippen molar-refractivity contribution in [2.75, 3.05) is 6.61 Å². The molecule has 1 saturated heterocycles. The van der Waals surface area contributed by atoms with Crippen LogP contribution in [0.4, 0.5) is 0 Å². The Labute approximate surface area is 213 Å². The van der Waals surface area contributed by atoms with Crippen LogP contribution in [0.1, 0.15) is 71.2 Å². The van der Waals surface area contributed by atoms with E-state index in [9.17, 15) is 4.79 Å². The molecule has 0 atom stereocenters. The summed E-state index contributed by atoms with van der Waals surface area (Å²) in [5, 5.41) is 6.03. The molecule has 0 unspecified atom stereocenters. The summed E-state index contributed by atoms with van der Waals surface area (Å²) >= 11 is 0. The molecule has 2 aromatic carbocycles. The molecular weight excluding hydrogens is 455 g/mol. The second kappa shape index (κ2) is 9.56. The van der Waals surface area contributed by atoms with Crippen molar-refractivity contribution >= 4 is 29.5 Å². The Hall–Kier alpha value is -2.84. The third kappa shape index (κ3) is 4.64. The monoisotopic (exact) mass is 490 g/mol. The highest BCUT2D eigenvalue weighted by atomic mass is 16.7. The smallest absolute Gasteiger partial charge is 0.487 e. The third-order valence-corrected chi connectivity index (χ3v) is 7.73. The van der Waals surface area contributed by atoms with Crippen molar-refractivity contribution in [3.8, 4) is 5.75 Å². The number of fused-ring (bicyclic) bond motifs is 1. The van der Waals surface area contributed by atoms with Crippen LogP contribution in [-0.2, 0) is 31.9 Å². The standard InChI is InChI=1S/C28H35BN2O5/c1-6-33-26(32)16-19-10-7-8-13-25(19)34-18-23-22-17-20(29-35-27(2,3)28(4,5)36-29)14-15-24(22)31(30-23)21-11-9-12-21/h7-8,10,13-15,17,21H,6,9,11-12,16,18H2,1-5H3. The summed E-state index contributed by atoms with van der Waals surface area (Å²) in [4.78, 5) is 12.1. The predicted octanol–water partition coefficient (Wildman–Crippen LogP) is 4.75. The summed E-state index contributed by atoms with van der Waals surface area (Å²) in [7, 11) is -0.439. The first-order valence-electron chi connectivity index (χ1n) is 12.9. The number of rotatable bonds is 8. The van der Waals surface area contributed by atoms with Crippen molar-refractivity contribution in [2.45, 2.75) is 84.2 Å². The van der Waals surface area contributed by atoms with Crippen LogP contribution in [0.5, 0.6) is 5.75 Å². The van der Waals surface area contributed by atoms with Crippen molar-refractivity contribution in [3.63, 3.8) is 0 Å². The molecule has 0 amide bonds. The zero-order chi connectivity index (χ0) is 25.5. The number of carbonyl (C=O) groups excluding carboxylic acids is 1. The molecule has 1 aromatic heterocycles. The summed E-state index contributed by atoms with van der Waals surface area (Å²) in [5.41, 5.74) is 2.92. The lowest BCUT2D eigenvalue weighted by atomic mass is 9.78. The maximum Gasteiger partial charge on any atom is 0.494 e. The molecule has 2 fully saturated rings. The van der Waals surface area contributed by atoms with Crippen LogP contribution in [0.25, 0.3) is 10.9 Å². The molecule has 2 heterocycles. The summed E-state index contributed by atoms with van der Waals surface area (Å²) in [6.45, 7) is 10.7. The van der Waals surface area contributed by atoms with Crippen LogP contribution in [0.3, 0.4) is 0 Å². The lowest BCUT2D eigenvalue weighted by Gasteiger charge is -2.32. The molecule has 1 saturated carbocycles. The van der Waals surface area contributed by atoms with Crippen molar-refractivity contribution in [2.24, 2.45) is 0 Å². The average molecular weight is 490 g/mol. The van der Waals surface area contributed by atoms with Crippen molar-refractivity contribution in [1.82, 2.24) is 9.78 Å². The Balaban J connectivity index is 1.44. The Morgan fingerprint density at radius 3 is 2.50 bits per heavy atom. The molecule has 1 aliphatic carbocycles. The van der Waals surface area contributed by atoms with Crippen LogP contribution in [0, 0.1) is 0 Å². The van der Waals surface area contributed by atoms with E-state index in [0.29, 0.717) is 25.0 Å². The molecule has 3 aromatic rings. The molecule has 1 aliphatic heterocycles. The van der Waals surface area contributed by atoms with Gasteiger partial charge in [0.25, 0.3) is 0 Å². The van der Waals surface area contributed by atoms with Gasteiger partial charge in [-0.1, -0.05) is 30.3 Å². The maximum absolute atomic E-state index is 12.1. The first kappa shape index (κ1) is 24.8. The molecule has 7 nitrogen and oxygen atoms in total. The molecular formula is C28H35BN2O5. The number of benzene rings is 2. The average Bonchev–Trinajstić information content (AvgIpc) is 3.24. The van der Waals surface area contributed by atoms with Gasteiger partial charge in [0.2, 0.25) is 0 Å². The minimum atomic E-state index is -0.439. The first-order chi connectivity index (χ1) is 17.2. The Bertz CT molecular complexity index is 1250. The van der Waals surface area contributed by atoms with Crippen LogP contribution in [0.15, 0.2) is 42.5 Å². The van der Waals surface area contributed by atoms with Crippen molar-refractivity contribution < 1.29 is 23.6 Å². The predicted molar refractivity (Wildman–Crippen MR) is 139 cm³/mol. The number of carbonyl (C=O) groups is 1. The number of para-hydroxylation sites is 1. The summed E-state index contributed by atoms with van der Waals surface area (Å²) < 4.78 is 26.1. The Morgan fingerprint density at radius 1 is 1.11 bits per heavy atom. The molecule has 0 N–H and O–H groups in total. The zero-order valence-corrected chi connectivity index (χ0v) is 21.9. The van der Waals surface area contributed by atoms with Gasteiger partial charge in [-0.15, -0.1) is 0 Å². The van der Waals surface area contributed by atoms with Crippen molar-refractivity contribution in [1.29, 1.82) is 0 Å². The summed E-state index contributed by atoms with van der Waals surface area (Å²) in [5.74, 6) is 0.402.